The van der Waals surface area contributed by atoms with Crippen LogP contribution >= 0.6 is 11.6 Å². The highest BCUT2D eigenvalue weighted by atomic mass is 35.5. The number of rotatable bonds is 10. The van der Waals surface area contributed by atoms with E-state index >= 15 is 0 Å². The Hall–Kier alpha value is -5.46. The van der Waals surface area contributed by atoms with Crippen LogP contribution in [0.3, 0.4) is 0 Å². The van der Waals surface area contributed by atoms with Gasteiger partial charge in [-0.3, -0.25) is 9.59 Å². The molecular formula is C38H34ClN5O6S. The van der Waals surface area contributed by atoms with Crippen molar-refractivity contribution in [1.29, 1.82) is 0 Å². The number of furan rings is 1. The molecule has 11 nitrogen and oxygen atoms in total. The third kappa shape index (κ3) is 7.67. The van der Waals surface area contributed by atoms with Crippen LogP contribution in [-0.4, -0.2) is 59.5 Å². The van der Waals surface area contributed by atoms with Gasteiger partial charge in [0.15, 0.2) is 9.84 Å². The Morgan fingerprint density at radius 2 is 1.71 bits per heavy atom. The minimum atomic E-state index is -3.34. The number of carbonyl (C=O) groups excluding carboxylic acids is 2. The van der Waals surface area contributed by atoms with Crippen LogP contribution in [0.5, 0.6) is 5.75 Å². The summed E-state index contributed by atoms with van der Waals surface area (Å²) in [6.07, 6.45) is 4.32. The molecule has 0 saturated carbocycles. The number of nitrogens with one attached hydrogen (secondary N) is 1. The van der Waals surface area contributed by atoms with Gasteiger partial charge < -0.3 is 19.4 Å². The molecule has 0 unspecified atom stereocenters. The Labute approximate surface area is 299 Å². The topological polar surface area (TPSA) is 137 Å². The van der Waals surface area contributed by atoms with Crippen LogP contribution in [0.2, 0.25) is 5.02 Å². The summed E-state index contributed by atoms with van der Waals surface area (Å²) >= 11 is 6.30. The van der Waals surface area contributed by atoms with E-state index in [1.54, 1.807) is 52.0 Å². The highest BCUT2D eigenvalue weighted by molar-refractivity contribution is 7.90. The number of hydrogen-bond donors (Lipinski definition) is 1. The van der Waals surface area contributed by atoms with Crippen LogP contribution in [-0.2, 0) is 23.0 Å². The first-order valence-corrected chi connectivity index (χ1v) is 18.7. The van der Waals surface area contributed by atoms with Gasteiger partial charge >= 0.3 is 0 Å². The molecule has 3 heterocycles. The molecular weight excluding hydrogens is 690 g/mol. The third-order valence-electron chi connectivity index (χ3n) is 8.87. The van der Waals surface area contributed by atoms with Crippen LogP contribution in [0, 0.1) is 0 Å². The highest BCUT2D eigenvalue weighted by Crippen LogP contribution is 2.36. The number of benzene rings is 4. The lowest BCUT2D eigenvalue weighted by molar-refractivity contribution is 0.0689. The predicted octanol–water partition coefficient (Wildman–Crippen LogP) is 6.73. The van der Waals surface area contributed by atoms with Crippen molar-refractivity contribution in [1.82, 2.24) is 25.2 Å². The van der Waals surface area contributed by atoms with Gasteiger partial charge in [-0.15, -0.1) is 5.10 Å². The van der Waals surface area contributed by atoms with Gasteiger partial charge in [-0.25, -0.2) is 13.1 Å². The van der Waals surface area contributed by atoms with Gasteiger partial charge in [0.1, 0.15) is 29.4 Å². The van der Waals surface area contributed by atoms with Crippen LogP contribution in [0.1, 0.15) is 51.1 Å². The quantitative estimate of drug-likeness (QED) is 0.164. The maximum Gasteiger partial charge on any atom is 0.253 e. The fourth-order valence-corrected chi connectivity index (χ4v) is 7.08. The molecule has 1 saturated heterocycles. The van der Waals surface area contributed by atoms with E-state index in [1.165, 1.54) is 12.1 Å². The average molecular weight is 724 g/mol. The molecule has 1 aliphatic rings. The second-order valence-electron chi connectivity index (χ2n) is 12.4. The van der Waals surface area contributed by atoms with E-state index in [9.17, 15) is 18.0 Å². The molecule has 13 heteroatoms. The van der Waals surface area contributed by atoms with Crippen molar-refractivity contribution in [2.75, 3.05) is 19.3 Å². The molecule has 0 aliphatic carbocycles. The molecule has 0 radical (unpaired) electrons. The molecule has 7 rings (SSSR count). The van der Waals surface area contributed by atoms with Gasteiger partial charge in [-0.2, -0.15) is 0 Å². The minimum absolute atomic E-state index is 0.0519. The van der Waals surface area contributed by atoms with E-state index in [0.717, 1.165) is 22.8 Å². The van der Waals surface area contributed by atoms with Gasteiger partial charge in [0.05, 0.1) is 23.7 Å². The van der Waals surface area contributed by atoms with Crippen LogP contribution in [0.25, 0.3) is 22.1 Å². The maximum atomic E-state index is 13.5. The van der Waals surface area contributed by atoms with E-state index in [-0.39, 0.29) is 35.9 Å². The molecule has 260 valence electrons. The zero-order chi connectivity index (χ0) is 35.5. The fourth-order valence-electron chi connectivity index (χ4n) is 6.25. The molecule has 2 amide bonds. The monoisotopic (exact) mass is 723 g/mol. The van der Waals surface area contributed by atoms with Crippen molar-refractivity contribution in [2.24, 2.45) is 0 Å². The predicted molar refractivity (Wildman–Crippen MR) is 192 cm³/mol. The first-order chi connectivity index (χ1) is 24.6. The summed E-state index contributed by atoms with van der Waals surface area (Å²) in [5.74, 6) is 0.561. The smallest absolute Gasteiger partial charge is 0.253 e. The van der Waals surface area contributed by atoms with Gasteiger partial charge in [0.2, 0.25) is 0 Å². The number of aromatic nitrogens is 3. The van der Waals surface area contributed by atoms with Gasteiger partial charge in [-0.1, -0.05) is 59.3 Å². The van der Waals surface area contributed by atoms with Crippen LogP contribution in [0.4, 0.5) is 0 Å². The van der Waals surface area contributed by atoms with Gasteiger partial charge in [0.25, 0.3) is 11.8 Å². The zero-order valence-electron chi connectivity index (χ0n) is 27.7. The van der Waals surface area contributed by atoms with Crippen molar-refractivity contribution in [3.05, 3.63) is 131 Å². The lowest BCUT2D eigenvalue weighted by atomic mass is 10.0. The summed E-state index contributed by atoms with van der Waals surface area (Å²) in [6.45, 7) is 1.31. The van der Waals surface area contributed by atoms with Crippen LogP contribution in [0.15, 0.2) is 113 Å². The minimum Gasteiger partial charge on any atom is -0.487 e. The first-order valence-electron chi connectivity index (χ1n) is 16.4. The molecule has 4 aromatic carbocycles. The highest BCUT2D eigenvalue weighted by Gasteiger charge is 2.26. The van der Waals surface area contributed by atoms with Crippen molar-refractivity contribution >= 4 is 44.2 Å². The van der Waals surface area contributed by atoms with Crippen LogP contribution < -0.4 is 10.1 Å². The lowest BCUT2D eigenvalue weighted by Crippen LogP contribution is -2.39. The number of carbonyl (C=O) groups is 2. The Morgan fingerprint density at radius 1 is 0.941 bits per heavy atom. The first kappa shape index (κ1) is 34.0. The van der Waals surface area contributed by atoms with E-state index in [1.807, 2.05) is 48.7 Å². The molecule has 1 aliphatic heterocycles. The summed E-state index contributed by atoms with van der Waals surface area (Å²) in [7, 11) is -3.34. The summed E-state index contributed by atoms with van der Waals surface area (Å²) in [5, 5.41) is 12.9. The standard InChI is InChI=1S/C38H34ClN5O6S/c1-51(47,48)32-12-6-11-31(21-32)49-24-29-23-44(42-41-29)30-15-17-43(18-16-30)38(46)27-10-5-9-26(19-27)37(45)40-22-35-36(25-7-3-2-4-8-25)33-20-28(39)13-14-34(33)50-35/h2-14,19-21,23,30H,15-18,22,24H2,1H3,(H,40,45). The lowest BCUT2D eigenvalue weighted by Gasteiger charge is -2.32. The van der Waals surface area contributed by atoms with Crippen molar-refractivity contribution in [3.63, 3.8) is 0 Å². The van der Waals surface area contributed by atoms with Crippen molar-refractivity contribution in [3.8, 4) is 16.9 Å². The number of ether oxygens (including phenoxy) is 1. The molecule has 51 heavy (non-hydrogen) atoms. The molecule has 0 bridgehead atoms. The molecule has 1 N–H and O–H groups in total. The number of amides is 2. The summed E-state index contributed by atoms with van der Waals surface area (Å²) in [6, 6.07) is 28.4. The number of fused-ring (bicyclic) bond motifs is 1. The molecule has 2 aromatic heterocycles. The largest absolute Gasteiger partial charge is 0.487 e. The third-order valence-corrected chi connectivity index (χ3v) is 10.2. The number of halogens is 1. The van der Waals surface area contributed by atoms with E-state index in [2.05, 4.69) is 15.6 Å². The summed E-state index contributed by atoms with van der Waals surface area (Å²) in [5.41, 5.74) is 3.91. The van der Waals surface area contributed by atoms with E-state index in [4.69, 9.17) is 20.8 Å². The van der Waals surface area contributed by atoms with Gasteiger partial charge in [0, 0.05) is 46.4 Å². The molecule has 6 aromatic rings. The van der Waals surface area contributed by atoms with E-state index in [0.29, 0.717) is 64.9 Å². The number of sulfone groups is 1. The zero-order valence-corrected chi connectivity index (χ0v) is 29.2. The molecule has 0 spiro atoms. The van der Waals surface area contributed by atoms with Gasteiger partial charge in [-0.05, 0) is 73.0 Å². The number of piperidine rings is 1. The maximum absolute atomic E-state index is 13.5. The summed E-state index contributed by atoms with van der Waals surface area (Å²) < 4.78 is 37.4. The SMILES string of the molecule is CS(=O)(=O)c1cccc(OCc2cn(C3CCN(C(=O)c4cccc(C(=O)NCc5oc6ccc(Cl)cc6c5-c5ccccc5)c4)CC3)nn2)c1. The Kier molecular flexibility index (Phi) is 9.61. The average Bonchev–Trinajstić information content (AvgIpc) is 3.77. The second kappa shape index (κ2) is 14.4. The van der Waals surface area contributed by atoms with Crippen molar-refractivity contribution < 1.29 is 27.2 Å². The number of likely N-dealkylation sites (tertiary alicyclic amines) is 1. The Morgan fingerprint density at radius 3 is 2.49 bits per heavy atom. The van der Waals surface area contributed by atoms with E-state index < -0.39 is 9.84 Å². The van der Waals surface area contributed by atoms with Crippen molar-refractivity contribution in [2.45, 2.75) is 36.9 Å². The number of nitrogens with zero attached hydrogens (tertiary/aromatic N) is 4. The number of hydrogen-bond acceptors (Lipinski definition) is 8. The molecule has 1 fully saturated rings. The molecule has 0 atom stereocenters. The Bertz CT molecular complexity index is 2330. The summed E-state index contributed by atoms with van der Waals surface area (Å²) in [4.78, 5) is 28.8. The normalized spacial score (nSPS) is 13.7. The fraction of sp³-hybridized carbons (Fsp3) is 0.211. The second-order valence-corrected chi connectivity index (χ2v) is 14.9. The Balaban J connectivity index is 0.954.